The minimum atomic E-state index is -0.478. The number of carbonyl (C=O) groups is 1. The maximum absolute atomic E-state index is 12.0. The lowest BCUT2D eigenvalue weighted by Crippen LogP contribution is -2.24. The average molecular weight is 367 g/mol. The van der Waals surface area contributed by atoms with Crippen LogP contribution in [0.3, 0.4) is 0 Å². The zero-order valence-corrected chi connectivity index (χ0v) is 14.5. The number of nitro benzene ring substituents is 1. The summed E-state index contributed by atoms with van der Waals surface area (Å²) in [6.45, 7) is 0.222. The molecule has 0 saturated heterocycles. The van der Waals surface area contributed by atoms with E-state index in [0.717, 1.165) is 5.56 Å². The van der Waals surface area contributed by atoms with E-state index < -0.39 is 4.92 Å². The van der Waals surface area contributed by atoms with E-state index in [-0.39, 0.29) is 24.6 Å². The molecule has 8 heteroatoms. The van der Waals surface area contributed by atoms with E-state index in [4.69, 9.17) is 9.26 Å². The third kappa shape index (κ3) is 4.69. The van der Waals surface area contributed by atoms with Crippen molar-refractivity contribution >= 4 is 11.6 Å². The van der Waals surface area contributed by atoms with Crippen LogP contribution in [0.15, 0.2) is 59.1 Å². The summed E-state index contributed by atoms with van der Waals surface area (Å²) in [7, 11) is 1.59. The van der Waals surface area contributed by atoms with Crippen molar-refractivity contribution in [2.24, 2.45) is 0 Å². The largest absolute Gasteiger partial charge is 0.497 e. The molecule has 0 unspecified atom stereocenters. The Morgan fingerprint density at radius 2 is 2.00 bits per heavy atom. The first kappa shape index (κ1) is 18.1. The third-order valence-electron chi connectivity index (χ3n) is 3.89. The van der Waals surface area contributed by atoms with Gasteiger partial charge in [-0.05, 0) is 17.7 Å². The van der Waals surface area contributed by atoms with Gasteiger partial charge in [0.2, 0.25) is 5.91 Å². The number of nitro groups is 1. The number of carbonyl (C=O) groups excluding carboxylic acids is 1. The van der Waals surface area contributed by atoms with Gasteiger partial charge in [-0.2, -0.15) is 0 Å². The number of non-ortho nitro benzene ring substituents is 1. The summed E-state index contributed by atoms with van der Waals surface area (Å²) in [5.41, 5.74) is 2.09. The van der Waals surface area contributed by atoms with Crippen LogP contribution in [0.4, 0.5) is 5.69 Å². The summed E-state index contributed by atoms with van der Waals surface area (Å²) in [6.07, 6.45) is 0.124. The first-order valence-corrected chi connectivity index (χ1v) is 8.15. The molecule has 1 N–H and O–H groups in total. The number of hydrogen-bond donors (Lipinski definition) is 1. The van der Waals surface area contributed by atoms with Crippen molar-refractivity contribution in [3.63, 3.8) is 0 Å². The molecule has 0 aliphatic heterocycles. The minimum Gasteiger partial charge on any atom is -0.497 e. The van der Waals surface area contributed by atoms with Gasteiger partial charge in [0.1, 0.15) is 11.4 Å². The number of methoxy groups -OCH3 is 1. The van der Waals surface area contributed by atoms with E-state index in [1.165, 1.54) is 12.1 Å². The van der Waals surface area contributed by atoms with Crippen molar-refractivity contribution in [3.05, 3.63) is 76.0 Å². The molecule has 0 saturated carbocycles. The number of aromatic nitrogens is 1. The molecule has 0 atom stereocenters. The SMILES string of the molecule is COc1cccc(-c2cc(CNC(=O)Cc3ccc([N+](=O)[O-])cc3)no2)c1. The Morgan fingerprint density at radius 1 is 1.22 bits per heavy atom. The van der Waals surface area contributed by atoms with Gasteiger partial charge in [-0.15, -0.1) is 0 Å². The predicted octanol–water partition coefficient (Wildman–Crippen LogP) is 3.12. The highest BCUT2D eigenvalue weighted by atomic mass is 16.6. The van der Waals surface area contributed by atoms with Crippen LogP contribution >= 0.6 is 0 Å². The molecule has 0 spiro atoms. The average Bonchev–Trinajstić information content (AvgIpc) is 3.16. The van der Waals surface area contributed by atoms with Crippen LogP contribution in [0, 0.1) is 10.1 Å². The fourth-order valence-corrected chi connectivity index (χ4v) is 2.48. The lowest BCUT2D eigenvalue weighted by Gasteiger charge is -2.03. The summed E-state index contributed by atoms with van der Waals surface area (Å²) < 4.78 is 10.5. The molecule has 2 aromatic carbocycles. The number of nitrogens with zero attached hydrogens (tertiary/aromatic N) is 2. The molecular weight excluding hydrogens is 350 g/mol. The van der Waals surface area contributed by atoms with Crippen molar-refractivity contribution < 1.29 is 19.0 Å². The van der Waals surface area contributed by atoms with Crippen LogP contribution in [-0.2, 0) is 17.8 Å². The molecular formula is C19H17N3O5. The molecule has 3 rings (SSSR count). The zero-order valence-electron chi connectivity index (χ0n) is 14.5. The fourth-order valence-electron chi connectivity index (χ4n) is 2.48. The van der Waals surface area contributed by atoms with Crippen LogP contribution in [0.1, 0.15) is 11.3 Å². The normalized spacial score (nSPS) is 10.4. The lowest BCUT2D eigenvalue weighted by atomic mass is 10.1. The van der Waals surface area contributed by atoms with Crippen molar-refractivity contribution in [1.29, 1.82) is 0 Å². The van der Waals surface area contributed by atoms with E-state index >= 15 is 0 Å². The predicted molar refractivity (Wildman–Crippen MR) is 97.1 cm³/mol. The summed E-state index contributed by atoms with van der Waals surface area (Å²) in [4.78, 5) is 22.2. The minimum absolute atomic E-state index is 0.00757. The molecule has 0 aliphatic carbocycles. The number of ether oxygens (including phenoxy) is 1. The molecule has 3 aromatic rings. The van der Waals surface area contributed by atoms with Gasteiger partial charge >= 0.3 is 0 Å². The maximum Gasteiger partial charge on any atom is 0.269 e. The van der Waals surface area contributed by atoms with Crippen LogP contribution < -0.4 is 10.1 Å². The maximum atomic E-state index is 12.0. The Labute approximate surface area is 154 Å². The summed E-state index contributed by atoms with van der Waals surface area (Å²) in [5, 5.41) is 17.3. The monoisotopic (exact) mass is 367 g/mol. The first-order valence-electron chi connectivity index (χ1n) is 8.15. The standard InChI is InChI=1S/C19H17N3O5/c1-26-17-4-2-3-14(10-17)18-11-15(21-27-18)12-20-19(23)9-13-5-7-16(8-6-13)22(24)25/h2-8,10-11H,9,12H2,1H3,(H,20,23). The number of nitrogens with one attached hydrogen (secondary N) is 1. The highest BCUT2D eigenvalue weighted by molar-refractivity contribution is 5.78. The molecule has 1 aromatic heterocycles. The van der Waals surface area contributed by atoms with Gasteiger partial charge in [0, 0.05) is 23.8 Å². The number of amides is 1. The lowest BCUT2D eigenvalue weighted by molar-refractivity contribution is -0.384. The van der Waals surface area contributed by atoms with Gasteiger partial charge < -0.3 is 14.6 Å². The summed E-state index contributed by atoms with van der Waals surface area (Å²) in [6, 6.07) is 15.0. The Bertz CT molecular complexity index is 950. The second-order valence-electron chi connectivity index (χ2n) is 5.79. The highest BCUT2D eigenvalue weighted by Crippen LogP contribution is 2.24. The van der Waals surface area contributed by atoms with Gasteiger partial charge in [0.15, 0.2) is 5.76 Å². The number of rotatable bonds is 7. The van der Waals surface area contributed by atoms with Gasteiger partial charge in [0.25, 0.3) is 5.69 Å². The molecule has 0 fully saturated rings. The third-order valence-corrected chi connectivity index (χ3v) is 3.89. The number of hydrogen-bond acceptors (Lipinski definition) is 6. The smallest absolute Gasteiger partial charge is 0.269 e. The van der Waals surface area contributed by atoms with Crippen LogP contribution in [0.2, 0.25) is 0 Å². The van der Waals surface area contributed by atoms with E-state index in [9.17, 15) is 14.9 Å². The molecule has 138 valence electrons. The van der Waals surface area contributed by atoms with Gasteiger partial charge in [-0.25, -0.2) is 0 Å². The van der Waals surface area contributed by atoms with Crippen molar-refractivity contribution in [3.8, 4) is 17.1 Å². The van der Waals surface area contributed by atoms with Crippen molar-refractivity contribution in [1.82, 2.24) is 10.5 Å². The highest BCUT2D eigenvalue weighted by Gasteiger charge is 2.10. The van der Waals surface area contributed by atoms with E-state index in [0.29, 0.717) is 22.8 Å². The topological polar surface area (TPSA) is 108 Å². The van der Waals surface area contributed by atoms with E-state index in [1.54, 1.807) is 25.3 Å². The number of benzene rings is 2. The molecule has 1 amide bonds. The molecule has 8 nitrogen and oxygen atoms in total. The van der Waals surface area contributed by atoms with Crippen molar-refractivity contribution in [2.75, 3.05) is 7.11 Å². The zero-order chi connectivity index (χ0) is 19.2. The van der Waals surface area contributed by atoms with Gasteiger partial charge in [-0.3, -0.25) is 14.9 Å². The molecule has 0 bridgehead atoms. The summed E-state index contributed by atoms with van der Waals surface area (Å²) in [5.74, 6) is 1.07. The molecule has 1 heterocycles. The van der Waals surface area contributed by atoms with Gasteiger partial charge in [0.05, 0.1) is 25.0 Å². The first-order chi connectivity index (χ1) is 13.0. The molecule has 0 radical (unpaired) electrons. The Morgan fingerprint density at radius 3 is 2.70 bits per heavy atom. The second-order valence-corrected chi connectivity index (χ2v) is 5.79. The Kier molecular flexibility index (Phi) is 5.46. The van der Waals surface area contributed by atoms with Gasteiger partial charge in [-0.1, -0.05) is 29.4 Å². The van der Waals surface area contributed by atoms with Crippen LogP contribution in [0.25, 0.3) is 11.3 Å². The molecule has 0 aliphatic rings. The molecule has 27 heavy (non-hydrogen) atoms. The van der Waals surface area contributed by atoms with Crippen molar-refractivity contribution in [2.45, 2.75) is 13.0 Å². The fraction of sp³-hybridized carbons (Fsp3) is 0.158. The Hall–Kier alpha value is -3.68. The summed E-state index contributed by atoms with van der Waals surface area (Å²) >= 11 is 0. The Balaban J connectivity index is 1.56. The van der Waals surface area contributed by atoms with Crippen LogP contribution in [0.5, 0.6) is 5.75 Å². The quantitative estimate of drug-likeness (QED) is 0.508. The van der Waals surface area contributed by atoms with E-state index in [1.807, 2.05) is 24.3 Å². The second kappa shape index (κ2) is 8.13. The van der Waals surface area contributed by atoms with Crippen LogP contribution in [-0.4, -0.2) is 23.1 Å². The van der Waals surface area contributed by atoms with E-state index in [2.05, 4.69) is 10.5 Å².